The van der Waals surface area contributed by atoms with Gasteiger partial charge in [0.05, 0.1) is 4.90 Å². The van der Waals surface area contributed by atoms with Crippen molar-refractivity contribution in [2.24, 2.45) is 0 Å². The van der Waals surface area contributed by atoms with Crippen LogP contribution in [0, 0.1) is 6.92 Å². The lowest BCUT2D eigenvalue weighted by Gasteiger charge is -2.08. The van der Waals surface area contributed by atoms with Gasteiger partial charge < -0.3 is 5.32 Å². The third kappa shape index (κ3) is 6.01. The molecule has 0 aliphatic carbocycles. The van der Waals surface area contributed by atoms with E-state index in [0.29, 0.717) is 12.1 Å². The van der Waals surface area contributed by atoms with Crippen LogP contribution in [0.3, 0.4) is 0 Å². The van der Waals surface area contributed by atoms with Crippen LogP contribution >= 0.6 is 0 Å². The molecule has 0 fully saturated rings. The Morgan fingerprint density at radius 3 is 2.10 bits per heavy atom. The van der Waals surface area contributed by atoms with Crippen LogP contribution in [0.15, 0.2) is 83.8 Å². The van der Waals surface area contributed by atoms with Crippen molar-refractivity contribution in [3.05, 3.63) is 101 Å². The van der Waals surface area contributed by atoms with Crippen LogP contribution in [0.4, 0.5) is 0 Å². The molecular formula is C23H24N2O3S. The zero-order valence-corrected chi connectivity index (χ0v) is 17.1. The molecule has 0 saturated carbocycles. The van der Waals surface area contributed by atoms with E-state index >= 15 is 0 Å². The molecule has 5 nitrogen and oxygen atoms in total. The van der Waals surface area contributed by atoms with Crippen LogP contribution in [0.2, 0.25) is 0 Å². The molecule has 0 atom stereocenters. The Bertz CT molecular complexity index is 1050. The van der Waals surface area contributed by atoms with Crippen LogP contribution in [0.1, 0.15) is 27.0 Å². The number of carbonyl (C=O) groups is 1. The zero-order chi connectivity index (χ0) is 20.7. The molecule has 0 heterocycles. The summed E-state index contributed by atoms with van der Waals surface area (Å²) in [6.45, 7) is 2.76. The molecule has 3 rings (SSSR count). The van der Waals surface area contributed by atoms with Crippen LogP contribution < -0.4 is 10.0 Å². The molecule has 2 N–H and O–H groups in total. The van der Waals surface area contributed by atoms with Crippen molar-refractivity contribution in [2.45, 2.75) is 24.8 Å². The van der Waals surface area contributed by atoms with Gasteiger partial charge in [0.25, 0.3) is 5.91 Å². The molecule has 0 aliphatic heterocycles. The molecule has 150 valence electrons. The first kappa shape index (κ1) is 20.8. The minimum atomic E-state index is -3.56. The van der Waals surface area contributed by atoms with Gasteiger partial charge in [-0.1, -0.05) is 60.2 Å². The number of carbonyl (C=O) groups excluding carboxylic acids is 1. The summed E-state index contributed by atoms with van der Waals surface area (Å²) in [5.74, 6) is -0.145. The van der Waals surface area contributed by atoms with E-state index in [4.69, 9.17) is 0 Å². The van der Waals surface area contributed by atoms with E-state index in [9.17, 15) is 13.2 Å². The number of benzene rings is 3. The Morgan fingerprint density at radius 2 is 1.45 bits per heavy atom. The second kappa shape index (κ2) is 9.49. The maximum Gasteiger partial charge on any atom is 0.251 e. The fourth-order valence-electron chi connectivity index (χ4n) is 2.81. The lowest BCUT2D eigenvalue weighted by Crippen LogP contribution is -2.26. The molecule has 0 aliphatic rings. The summed E-state index contributed by atoms with van der Waals surface area (Å²) in [6.07, 6.45) is 0.769. The quantitative estimate of drug-likeness (QED) is 0.599. The van der Waals surface area contributed by atoms with Crippen molar-refractivity contribution in [2.75, 3.05) is 6.54 Å². The smallest absolute Gasteiger partial charge is 0.251 e. The molecule has 0 unspecified atom stereocenters. The maximum atomic E-state index is 12.3. The molecular weight excluding hydrogens is 384 g/mol. The third-order valence-corrected chi connectivity index (χ3v) is 5.97. The number of nitrogens with one attached hydrogen (secondary N) is 2. The van der Waals surface area contributed by atoms with Crippen LogP contribution in [0.25, 0.3) is 0 Å². The number of sulfonamides is 1. The predicted molar refractivity (Wildman–Crippen MR) is 114 cm³/mol. The van der Waals surface area contributed by atoms with Crippen LogP contribution in [-0.4, -0.2) is 20.9 Å². The van der Waals surface area contributed by atoms with Gasteiger partial charge in [0.15, 0.2) is 0 Å². The molecule has 3 aromatic carbocycles. The molecule has 6 heteroatoms. The largest absolute Gasteiger partial charge is 0.352 e. The number of aryl methyl sites for hydroxylation is 1. The Kier molecular flexibility index (Phi) is 6.80. The van der Waals surface area contributed by atoms with Crippen molar-refractivity contribution < 1.29 is 13.2 Å². The number of hydrogen-bond donors (Lipinski definition) is 2. The van der Waals surface area contributed by atoms with Crippen LogP contribution in [0.5, 0.6) is 0 Å². The molecule has 0 saturated heterocycles. The molecule has 0 radical (unpaired) electrons. The van der Waals surface area contributed by atoms with Gasteiger partial charge >= 0.3 is 0 Å². The average Bonchev–Trinajstić information content (AvgIpc) is 2.75. The average molecular weight is 409 g/mol. The Hall–Kier alpha value is -2.96. The zero-order valence-electron chi connectivity index (χ0n) is 16.3. The van der Waals surface area contributed by atoms with Gasteiger partial charge in [-0.25, -0.2) is 13.1 Å². The summed E-state index contributed by atoms with van der Waals surface area (Å²) in [4.78, 5) is 12.5. The van der Waals surface area contributed by atoms with Gasteiger partial charge in [0.1, 0.15) is 0 Å². The minimum absolute atomic E-state index is 0.145. The molecule has 0 bridgehead atoms. The topological polar surface area (TPSA) is 75.3 Å². The van der Waals surface area contributed by atoms with E-state index in [1.807, 2.05) is 6.92 Å². The van der Waals surface area contributed by atoms with Crippen LogP contribution in [-0.2, 0) is 23.0 Å². The van der Waals surface area contributed by atoms with Crippen molar-refractivity contribution in [1.29, 1.82) is 0 Å². The summed E-state index contributed by atoms with van der Waals surface area (Å²) in [6, 6.07) is 23.4. The van der Waals surface area contributed by atoms with E-state index in [0.717, 1.165) is 12.0 Å². The standard InChI is InChI=1S/C23H24N2O3S/c1-18-7-9-19(10-8-18)15-16-24-23(26)21-13-11-20(12-14-21)17-25-29(27,28)22-5-3-2-4-6-22/h2-14,25H,15-17H2,1H3,(H,24,26). The molecule has 1 amide bonds. The first-order valence-electron chi connectivity index (χ1n) is 9.41. The molecule has 3 aromatic rings. The van der Waals surface area contributed by atoms with E-state index < -0.39 is 10.0 Å². The summed E-state index contributed by atoms with van der Waals surface area (Å²) in [5, 5.41) is 2.91. The fourth-order valence-corrected chi connectivity index (χ4v) is 3.85. The third-order valence-electron chi connectivity index (χ3n) is 4.56. The highest BCUT2D eigenvalue weighted by atomic mass is 32.2. The highest BCUT2D eigenvalue weighted by molar-refractivity contribution is 7.89. The van der Waals surface area contributed by atoms with E-state index in [1.165, 1.54) is 11.1 Å². The second-order valence-corrected chi connectivity index (χ2v) is 8.59. The predicted octanol–water partition coefficient (Wildman–Crippen LogP) is 3.45. The van der Waals surface area contributed by atoms with Gasteiger partial charge in [-0.15, -0.1) is 0 Å². The number of amides is 1. The Balaban J connectivity index is 1.50. The van der Waals surface area contributed by atoms with Gasteiger partial charge in [0.2, 0.25) is 10.0 Å². The van der Waals surface area contributed by atoms with Gasteiger partial charge in [-0.05, 0) is 48.7 Å². The first-order valence-corrected chi connectivity index (χ1v) is 10.9. The summed E-state index contributed by atoms with van der Waals surface area (Å²) < 4.78 is 27.1. The van der Waals surface area contributed by atoms with Crippen molar-refractivity contribution in [3.8, 4) is 0 Å². The monoisotopic (exact) mass is 408 g/mol. The second-order valence-electron chi connectivity index (χ2n) is 6.83. The number of hydrogen-bond acceptors (Lipinski definition) is 3. The van der Waals surface area contributed by atoms with Gasteiger partial charge in [0, 0.05) is 18.7 Å². The highest BCUT2D eigenvalue weighted by Gasteiger charge is 2.13. The normalized spacial score (nSPS) is 11.2. The van der Waals surface area contributed by atoms with Crippen molar-refractivity contribution >= 4 is 15.9 Å². The lowest BCUT2D eigenvalue weighted by atomic mass is 10.1. The van der Waals surface area contributed by atoms with E-state index in [1.54, 1.807) is 54.6 Å². The maximum absolute atomic E-state index is 12.3. The SMILES string of the molecule is Cc1ccc(CCNC(=O)c2ccc(CNS(=O)(=O)c3ccccc3)cc2)cc1. The van der Waals surface area contributed by atoms with Crippen molar-refractivity contribution in [3.63, 3.8) is 0 Å². The summed E-state index contributed by atoms with van der Waals surface area (Å²) >= 11 is 0. The Labute approximate surface area is 171 Å². The molecule has 29 heavy (non-hydrogen) atoms. The van der Waals surface area contributed by atoms with Gasteiger partial charge in [-0.3, -0.25) is 4.79 Å². The molecule has 0 aromatic heterocycles. The van der Waals surface area contributed by atoms with E-state index in [2.05, 4.69) is 34.3 Å². The summed E-state index contributed by atoms with van der Waals surface area (Å²) in [7, 11) is -3.56. The minimum Gasteiger partial charge on any atom is -0.352 e. The van der Waals surface area contributed by atoms with Gasteiger partial charge in [-0.2, -0.15) is 0 Å². The Morgan fingerprint density at radius 1 is 0.828 bits per heavy atom. The summed E-state index contributed by atoms with van der Waals surface area (Å²) in [5.41, 5.74) is 3.71. The fraction of sp³-hybridized carbons (Fsp3) is 0.174. The highest BCUT2D eigenvalue weighted by Crippen LogP contribution is 2.10. The molecule has 0 spiro atoms. The first-order chi connectivity index (χ1) is 13.9. The lowest BCUT2D eigenvalue weighted by molar-refractivity contribution is 0.0954. The van der Waals surface area contributed by atoms with Crippen molar-refractivity contribution in [1.82, 2.24) is 10.0 Å². The van der Waals surface area contributed by atoms with E-state index in [-0.39, 0.29) is 17.3 Å². The number of rotatable bonds is 8.